The molecule has 0 saturated carbocycles. The molecule has 0 saturated heterocycles. The molecule has 0 radical (unpaired) electrons. The van der Waals surface area contributed by atoms with Gasteiger partial charge in [0.15, 0.2) is 11.6 Å². The van der Waals surface area contributed by atoms with Crippen molar-refractivity contribution in [1.29, 1.82) is 0 Å². The van der Waals surface area contributed by atoms with Crippen LogP contribution in [0.1, 0.15) is 5.82 Å². The topological polar surface area (TPSA) is 56.7 Å². The zero-order valence-corrected chi connectivity index (χ0v) is 10.6. The fourth-order valence-corrected chi connectivity index (χ4v) is 1.79. The Morgan fingerprint density at radius 3 is 2.62 bits per heavy atom. The van der Waals surface area contributed by atoms with Gasteiger partial charge in [0.2, 0.25) is 0 Å². The monoisotopic (exact) mass is 280 g/mol. The maximum absolute atomic E-state index is 5.48. The molecule has 2 N–H and O–H groups in total. The molecule has 1 aromatic heterocycles. The van der Waals surface area contributed by atoms with Gasteiger partial charge in [-0.2, -0.15) is 5.10 Å². The summed E-state index contributed by atoms with van der Waals surface area (Å²) in [5.74, 6) is 1.67. The number of nitrogens with zero attached hydrogens (tertiary/aromatic N) is 3. The predicted octanol–water partition coefficient (Wildman–Crippen LogP) is 1.75. The zero-order valence-electron chi connectivity index (χ0n) is 9.02. The molecule has 0 aliphatic heterocycles. The average Bonchev–Trinajstić information content (AvgIpc) is 2.61. The molecule has 2 rings (SSSR count). The Morgan fingerprint density at radius 1 is 1.31 bits per heavy atom. The SMILES string of the molecule is Cn1nc(CCN)nc1-c1ccc(Br)cc1. The van der Waals surface area contributed by atoms with E-state index >= 15 is 0 Å². The van der Waals surface area contributed by atoms with Crippen molar-refractivity contribution in [3.8, 4) is 11.4 Å². The van der Waals surface area contributed by atoms with E-state index in [0.717, 1.165) is 21.7 Å². The van der Waals surface area contributed by atoms with E-state index in [2.05, 4.69) is 26.0 Å². The largest absolute Gasteiger partial charge is 0.330 e. The summed E-state index contributed by atoms with van der Waals surface area (Å²) < 4.78 is 2.84. The minimum Gasteiger partial charge on any atom is -0.330 e. The lowest BCUT2D eigenvalue weighted by Gasteiger charge is -1.99. The molecular formula is C11H13BrN4. The van der Waals surface area contributed by atoms with Gasteiger partial charge < -0.3 is 5.73 Å². The molecule has 1 heterocycles. The number of aryl methyl sites for hydroxylation is 1. The standard InChI is InChI=1S/C11H13BrN4/c1-16-11(14-10(15-16)6-7-13)8-2-4-9(12)5-3-8/h2-5H,6-7,13H2,1H3. The van der Waals surface area contributed by atoms with Crippen molar-refractivity contribution in [3.05, 3.63) is 34.6 Å². The first-order valence-corrected chi connectivity index (χ1v) is 5.86. The van der Waals surface area contributed by atoms with Crippen LogP contribution in [0.5, 0.6) is 0 Å². The highest BCUT2D eigenvalue weighted by Crippen LogP contribution is 2.19. The maximum atomic E-state index is 5.48. The molecule has 4 nitrogen and oxygen atoms in total. The molecule has 0 fully saturated rings. The molecule has 0 amide bonds. The van der Waals surface area contributed by atoms with Gasteiger partial charge in [-0.3, -0.25) is 0 Å². The number of hydrogen-bond acceptors (Lipinski definition) is 3. The van der Waals surface area contributed by atoms with Crippen LogP contribution in [0.25, 0.3) is 11.4 Å². The maximum Gasteiger partial charge on any atom is 0.158 e. The molecular weight excluding hydrogens is 268 g/mol. The minimum absolute atomic E-state index is 0.573. The molecule has 0 aliphatic carbocycles. The summed E-state index contributed by atoms with van der Waals surface area (Å²) in [6, 6.07) is 8.01. The van der Waals surface area contributed by atoms with Crippen molar-refractivity contribution < 1.29 is 0 Å². The van der Waals surface area contributed by atoms with E-state index in [-0.39, 0.29) is 0 Å². The van der Waals surface area contributed by atoms with E-state index in [0.29, 0.717) is 13.0 Å². The van der Waals surface area contributed by atoms with Crippen LogP contribution < -0.4 is 5.73 Å². The number of benzene rings is 1. The third kappa shape index (κ3) is 2.31. The third-order valence-corrected chi connectivity index (χ3v) is 2.81. The molecule has 16 heavy (non-hydrogen) atoms. The lowest BCUT2D eigenvalue weighted by Crippen LogP contribution is -2.04. The fourth-order valence-electron chi connectivity index (χ4n) is 1.52. The van der Waals surface area contributed by atoms with Gasteiger partial charge in [0.05, 0.1) is 0 Å². The van der Waals surface area contributed by atoms with E-state index in [1.165, 1.54) is 0 Å². The van der Waals surface area contributed by atoms with Gasteiger partial charge in [-0.25, -0.2) is 9.67 Å². The van der Waals surface area contributed by atoms with Gasteiger partial charge in [0.25, 0.3) is 0 Å². The van der Waals surface area contributed by atoms with Crippen molar-refractivity contribution in [2.75, 3.05) is 6.54 Å². The van der Waals surface area contributed by atoms with Crippen LogP contribution in [-0.2, 0) is 13.5 Å². The molecule has 5 heteroatoms. The highest BCUT2D eigenvalue weighted by molar-refractivity contribution is 9.10. The van der Waals surface area contributed by atoms with Crippen LogP contribution in [0, 0.1) is 0 Å². The van der Waals surface area contributed by atoms with Gasteiger partial charge in [-0.15, -0.1) is 0 Å². The summed E-state index contributed by atoms with van der Waals surface area (Å²) >= 11 is 3.41. The lowest BCUT2D eigenvalue weighted by atomic mass is 10.2. The van der Waals surface area contributed by atoms with Gasteiger partial charge in [-0.05, 0) is 18.7 Å². The number of nitrogens with two attached hydrogens (primary N) is 1. The summed E-state index contributed by atoms with van der Waals surface area (Å²) in [4.78, 5) is 4.46. The van der Waals surface area contributed by atoms with Crippen molar-refractivity contribution >= 4 is 15.9 Å². The summed E-state index contributed by atoms with van der Waals surface area (Å²) in [5.41, 5.74) is 6.54. The average molecular weight is 281 g/mol. The Kier molecular flexibility index (Phi) is 3.36. The van der Waals surface area contributed by atoms with Crippen molar-refractivity contribution in [2.24, 2.45) is 12.8 Å². The predicted molar refractivity (Wildman–Crippen MR) is 66.9 cm³/mol. The van der Waals surface area contributed by atoms with Crippen LogP contribution in [0.2, 0.25) is 0 Å². The molecule has 0 aliphatic rings. The van der Waals surface area contributed by atoms with Crippen molar-refractivity contribution in [2.45, 2.75) is 6.42 Å². The van der Waals surface area contributed by atoms with Crippen LogP contribution in [0.4, 0.5) is 0 Å². The van der Waals surface area contributed by atoms with Crippen molar-refractivity contribution in [1.82, 2.24) is 14.8 Å². The summed E-state index contributed by atoms with van der Waals surface area (Å²) in [5, 5.41) is 4.31. The van der Waals surface area contributed by atoms with Crippen LogP contribution in [0.3, 0.4) is 0 Å². The normalized spacial score (nSPS) is 10.7. The highest BCUT2D eigenvalue weighted by Gasteiger charge is 2.08. The molecule has 0 unspecified atom stereocenters. The Bertz CT molecular complexity index is 475. The molecule has 84 valence electrons. The highest BCUT2D eigenvalue weighted by atomic mass is 79.9. The second-order valence-electron chi connectivity index (χ2n) is 3.52. The molecule has 1 aromatic carbocycles. The smallest absolute Gasteiger partial charge is 0.158 e. The second-order valence-corrected chi connectivity index (χ2v) is 4.44. The minimum atomic E-state index is 0.573. The van der Waals surface area contributed by atoms with Crippen LogP contribution in [-0.4, -0.2) is 21.3 Å². The lowest BCUT2D eigenvalue weighted by molar-refractivity contribution is 0.744. The first kappa shape index (κ1) is 11.3. The quantitative estimate of drug-likeness (QED) is 0.932. The van der Waals surface area contributed by atoms with Gasteiger partial charge in [0.1, 0.15) is 0 Å². The number of rotatable bonds is 3. The molecule has 0 atom stereocenters. The molecule has 2 aromatic rings. The Labute approximate surface area is 103 Å². The Hall–Kier alpha value is -1.20. The third-order valence-electron chi connectivity index (χ3n) is 2.28. The van der Waals surface area contributed by atoms with Crippen LogP contribution >= 0.6 is 15.9 Å². The molecule has 0 bridgehead atoms. The summed E-state index contributed by atoms with van der Waals surface area (Å²) in [6.07, 6.45) is 0.713. The van der Waals surface area contributed by atoms with Gasteiger partial charge in [-0.1, -0.05) is 28.1 Å². The number of halogens is 1. The second kappa shape index (κ2) is 4.76. The van der Waals surface area contributed by atoms with E-state index < -0.39 is 0 Å². The van der Waals surface area contributed by atoms with Crippen molar-refractivity contribution in [3.63, 3.8) is 0 Å². The van der Waals surface area contributed by atoms with E-state index in [1.54, 1.807) is 4.68 Å². The Balaban J connectivity index is 2.36. The van der Waals surface area contributed by atoms with Gasteiger partial charge in [0, 0.05) is 23.5 Å². The fraction of sp³-hybridized carbons (Fsp3) is 0.273. The van der Waals surface area contributed by atoms with E-state index in [4.69, 9.17) is 5.73 Å². The number of aromatic nitrogens is 3. The first-order chi connectivity index (χ1) is 7.70. The Morgan fingerprint density at radius 2 is 2.00 bits per heavy atom. The van der Waals surface area contributed by atoms with E-state index in [9.17, 15) is 0 Å². The zero-order chi connectivity index (χ0) is 11.5. The summed E-state index contributed by atoms with van der Waals surface area (Å²) in [7, 11) is 1.89. The first-order valence-electron chi connectivity index (χ1n) is 5.06. The van der Waals surface area contributed by atoms with E-state index in [1.807, 2.05) is 31.3 Å². The number of hydrogen-bond donors (Lipinski definition) is 1. The van der Waals surface area contributed by atoms with Gasteiger partial charge >= 0.3 is 0 Å². The summed E-state index contributed by atoms with van der Waals surface area (Å²) in [6.45, 7) is 0.573. The van der Waals surface area contributed by atoms with Crippen LogP contribution in [0.15, 0.2) is 28.7 Å². The molecule has 0 spiro atoms.